The molecular weight excluding hydrogens is 500 g/mol. The highest BCUT2D eigenvalue weighted by Gasteiger charge is 2.34. The minimum atomic E-state index is -4.56. The van der Waals surface area contributed by atoms with Crippen LogP contribution in [0.3, 0.4) is 0 Å². The Hall–Kier alpha value is -3.83. The number of halogens is 4. The summed E-state index contributed by atoms with van der Waals surface area (Å²) < 4.78 is 57.0. The summed E-state index contributed by atoms with van der Waals surface area (Å²) in [4.78, 5) is 17.2. The number of nitrogens with one attached hydrogen (secondary N) is 1. The van der Waals surface area contributed by atoms with Crippen molar-refractivity contribution in [3.05, 3.63) is 82.8 Å². The van der Waals surface area contributed by atoms with Crippen molar-refractivity contribution < 1.29 is 22.4 Å². The lowest BCUT2D eigenvalue weighted by Crippen LogP contribution is -2.44. The number of nitrogens with zero attached hydrogens (tertiary/aromatic N) is 5. The zero-order valence-electron chi connectivity index (χ0n) is 20.9. The van der Waals surface area contributed by atoms with E-state index in [1.807, 2.05) is 18.9 Å². The molecule has 0 saturated carbocycles. The standard InChI is InChI=1S/C27H26F4N6O/c1-17-3-4-18(13-22(17)25-34-33-24-14-20(28)7-8-37(24)25)26(38)32-21-6-5-19(23(15-21)27(29,30)31)16-36-11-9-35(2)10-12-36/h3-8,13-15H,9-12,16H2,1-2H3,(H,32,38). The molecule has 4 aromatic rings. The fourth-order valence-corrected chi connectivity index (χ4v) is 4.56. The van der Waals surface area contributed by atoms with Gasteiger partial charge in [-0.2, -0.15) is 13.2 Å². The van der Waals surface area contributed by atoms with Gasteiger partial charge in [0.15, 0.2) is 11.5 Å². The highest BCUT2D eigenvalue weighted by Crippen LogP contribution is 2.35. The Morgan fingerprint density at radius 3 is 2.50 bits per heavy atom. The maximum Gasteiger partial charge on any atom is 0.416 e. The summed E-state index contributed by atoms with van der Waals surface area (Å²) in [6.45, 7) is 5.01. The van der Waals surface area contributed by atoms with Crippen molar-refractivity contribution in [1.82, 2.24) is 24.4 Å². The van der Waals surface area contributed by atoms with Crippen LogP contribution in [0.15, 0.2) is 54.7 Å². The Morgan fingerprint density at radius 1 is 1.00 bits per heavy atom. The lowest BCUT2D eigenvalue weighted by molar-refractivity contribution is -0.138. The first-order valence-electron chi connectivity index (χ1n) is 12.1. The second-order valence-corrected chi connectivity index (χ2v) is 9.53. The molecule has 0 radical (unpaired) electrons. The van der Waals surface area contributed by atoms with E-state index in [9.17, 15) is 22.4 Å². The highest BCUT2D eigenvalue weighted by atomic mass is 19.4. The monoisotopic (exact) mass is 526 g/mol. The van der Waals surface area contributed by atoms with Crippen molar-refractivity contribution in [2.45, 2.75) is 19.6 Å². The van der Waals surface area contributed by atoms with Gasteiger partial charge in [-0.1, -0.05) is 12.1 Å². The van der Waals surface area contributed by atoms with Gasteiger partial charge in [-0.05, 0) is 55.4 Å². The molecule has 1 aliphatic heterocycles. The maximum atomic E-state index is 13.9. The number of amides is 1. The van der Waals surface area contributed by atoms with Gasteiger partial charge in [-0.3, -0.25) is 14.1 Å². The molecule has 1 amide bonds. The molecule has 0 atom stereocenters. The van der Waals surface area contributed by atoms with Crippen molar-refractivity contribution >= 4 is 17.2 Å². The summed E-state index contributed by atoms with van der Waals surface area (Å²) in [6.07, 6.45) is -3.07. The number of carbonyl (C=O) groups is 1. The predicted molar refractivity (Wildman–Crippen MR) is 135 cm³/mol. The molecule has 1 N–H and O–H groups in total. The molecule has 1 fully saturated rings. The summed E-state index contributed by atoms with van der Waals surface area (Å²) >= 11 is 0. The molecule has 2 aromatic carbocycles. The number of pyridine rings is 1. The summed E-state index contributed by atoms with van der Waals surface area (Å²) in [5.41, 5.74) is 1.40. The third-order valence-corrected chi connectivity index (χ3v) is 6.78. The van der Waals surface area contributed by atoms with Crippen molar-refractivity contribution in [3.63, 3.8) is 0 Å². The lowest BCUT2D eigenvalue weighted by atomic mass is 10.0. The van der Waals surface area contributed by atoms with Gasteiger partial charge in [0.1, 0.15) is 5.82 Å². The number of piperazine rings is 1. The number of aryl methyl sites for hydroxylation is 1. The number of likely N-dealkylation sites (N-methyl/N-ethyl adjacent to an activating group) is 1. The number of benzene rings is 2. The SMILES string of the molecule is Cc1ccc(C(=O)Nc2ccc(CN3CCN(C)CC3)c(C(F)(F)F)c2)cc1-c1nnc2cc(F)ccn12. The number of carbonyl (C=O) groups excluding carboxylic acids is 1. The molecule has 0 spiro atoms. The van der Waals surface area contributed by atoms with Crippen molar-refractivity contribution in [3.8, 4) is 11.4 Å². The maximum absolute atomic E-state index is 13.9. The Balaban J connectivity index is 1.39. The molecule has 38 heavy (non-hydrogen) atoms. The van der Waals surface area contributed by atoms with Gasteiger partial charge in [-0.15, -0.1) is 10.2 Å². The number of alkyl halides is 3. The number of hydrogen-bond acceptors (Lipinski definition) is 5. The van der Waals surface area contributed by atoms with Gasteiger partial charge >= 0.3 is 6.18 Å². The summed E-state index contributed by atoms with van der Waals surface area (Å²) in [7, 11) is 1.99. The topological polar surface area (TPSA) is 65.8 Å². The van der Waals surface area contributed by atoms with E-state index in [0.29, 0.717) is 30.1 Å². The van der Waals surface area contributed by atoms with E-state index in [-0.39, 0.29) is 23.4 Å². The fraction of sp³-hybridized carbons (Fsp3) is 0.296. The van der Waals surface area contributed by atoms with Crippen LogP contribution in [0.5, 0.6) is 0 Å². The van der Waals surface area contributed by atoms with Crippen LogP contribution in [-0.4, -0.2) is 63.5 Å². The molecule has 0 aliphatic carbocycles. The zero-order chi connectivity index (χ0) is 27.0. The quantitative estimate of drug-likeness (QED) is 0.376. The van der Waals surface area contributed by atoms with Crippen LogP contribution in [0.4, 0.5) is 23.2 Å². The number of aromatic nitrogens is 3. The minimum absolute atomic E-state index is 0.0509. The fourth-order valence-electron chi connectivity index (χ4n) is 4.56. The van der Waals surface area contributed by atoms with Gasteiger partial charge in [-0.25, -0.2) is 4.39 Å². The van der Waals surface area contributed by atoms with Gasteiger partial charge in [0.2, 0.25) is 0 Å². The van der Waals surface area contributed by atoms with Gasteiger partial charge < -0.3 is 10.2 Å². The van der Waals surface area contributed by atoms with Gasteiger partial charge in [0, 0.05) is 61.8 Å². The lowest BCUT2D eigenvalue weighted by Gasteiger charge is -2.33. The first-order chi connectivity index (χ1) is 18.1. The molecule has 1 saturated heterocycles. The van der Waals surface area contributed by atoms with Gasteiger partial charge in [0.25, 0.3) is 5.91 Å². The van der Waals surface area contributed by atoms with E-state index >= 15 is 0 Å². The summed E-state index contributed by atoms with van der Waals surface area (Å²) in [5.74, 6) is -0.597. The molecule has 5 rings (SSSR count). The first-order valence-corrected chi connectivity index (χ1v) is 12.1. The Bertz CT molecular complexity index is 1490. The number of fused-ring (bicyclic) bond motifs is 1. The van der Waals surface area contributed by atoms with E-state index in [0.717, 1.165) is 24.7 Å². The largest absolute Gasteiger partial charge is 0.416 e. The Labute approximate surface area is 216 Å². The number of hydrogen-bond donors (Lipinski definition) is 1. The molecule has 3 heterocycles. The first kappa shape index (κ1) is 25.8. The van der Waals surface area contributed by atoms with E-state index < -0.39 is 23.5 Å². The number of rotatable bonds is 5. The molecule has 0 unspecified atom stereocenters. The zero-order valence-corrected chi connectivity index (χ0v) is 20.9. The van der Waals surface area contributed by atoms with Crippen LogP contribution >= 0.6 is 0 Å². The van der Waals surface area contributed by atoms with Crippen molar-refractivity contribution in [2.75, 3.05) is 38.5 Å². The molecule has 7 nitrogen and oxygen atoms in total. The summed E-state index contributed by atoms with van der Waals surface area (Å²) in [5, 5.41) is 10.7. The van der Waals surface area contributed by atoms with E-state index in [1.165, 1.54) is 30.5 Å². The second-order valence-electron chi connectivity index (χ2n) is 9.53. The molecule has 0 bridgehead atoms. The molecule has 11 heteroatoms. The van der Waals surface area contributed by atoms with Gasteiger partial charge in [0.05, 0.1) is 5.56 Å². The highest BCUT2D eigenvalue weighted by molar-refractivity contribution is 6.05. The van der Waals surface area contributed by atoms with Crippen LogP contribution in [-0.2, 0) is 12.7 Å². The molecule has 2 aromatic heterocycles. The minimum Gasteiger partial charge on any atom is -0.322 e. The van der Waals surface area contributed by atoms with Crippen LogP contribution in [0, 0.1) is 12.7 Å². The average molecular weight is 527 g/mol. The van der Waals surface area contributed by atoms with Crippen LogP contribution in [0.25, 0.3) is 17.0 Å². The van der Waals surface area contributed by atoms with E-state index in [1.54, 1.807) is 22.6 Å². The molecule has 198 valence electrons. The normalized spacial score (nSPS) is 15.2. The van der Waals surface area contributed by atoms with Crippen LogP contribution in [0.1, 0.15) is 27.0 Å². The van der Waals surface area contributed by atoms with E-state index in [4.69, 9.17) is 0 Å². The van der Waals surface area contributed by atoms with Crippen LogP contribution in [0.2, 0.25) is 0 Å². The Morgan fingerprint density at radius 2 is 1.76 bits per heavy atom. The van der Waals surface area contributed by atoms with Crippen LogP contribution < -0.4 is 5.32 Å². The predicted octanol–water partition coefficient (Wildman–Crippen LogP) is 4.86. The average Bonchev–Trinajstić information content (AvgIpc) is 3.28. The smallest absolute Gasteiger partial charge is 0.322 e. The van der Waals surface area contributed by atoms with E-state index in [2.05, 4.69) is 20.4 Å². The third kappa shape index (κ3) is 5.39. The second kappa shape index (κ2) is 10.1. The third-order valence-electron chi connectivity index (χ3n) is 6.78. The molecule has 1 aliphatic rings. The molecular formula is C27H26F4N6O. The Kier molecular flexibility index (Phi) is 6.89. The van der Waals surface area contributed by atoms with Crippen molar-refractivity contribution in [2.24, 2.45) is 0 Å². The number of anilines is 1. The van der Waals surface area contributed by atoms with Crippen molar-refractivity contribution in [1.29, 1.82) is 0 Å². The summed E-state index contributed by atoms with van der Waals surface area (Å²) in [6, 6.07) is 11.3.